The molecule has 3 aromatic carbocycles. The fourth-order valence-electron chi connectivity index (χ4n) is 3.52. The van der Waals surface area contributed by atoms with Crippen LogP contribution in [0.4, 0.5) is 5.69 Å². The molecule has 0 aliphatic rings. The highest BCUT2D eigenvalue weighted by atomic mass is 32.2. The molecule has 0 unspecified atom stereocenters. The van der Waals surface area contributed by atoms with Gasteiger partial charge in [0.05, 0.1) is 18.5 Å². The highest BCUT2D eigenvalue weighted by Gasteiger charge is 2.18. The Hall–Kier alpha value is -3.12. The predicted octanol–water partition coefficient (Wildman–Crippen LogP) is 4.71. The molecule has 1 amide bonds. The molecule has 0 heterocycles. The second kappa shape index (κ2) is 10.5. The first-order valence-electron chi connectivity index (χ1n) is 10.7. The van der Waals surface area contributed by atoms with Crippen LogP contribution in [0, 0.1) is 6.92 Å². The third-order valence-electron chi connectivity index (χ3n) is 5.32. The van der Waals surface area contributed by atoms with E-state index in [1.165, 1.54) is 16.1 Å². The van der Waals surface area contributed by atoms with Crippen molar-refractivity contribution in [1.29, 1.82) is 0 Å². The number of carbonyl (C=O) groups excluding carboxylic acids is 1. The van der Waals surface area contributed by atoms with Gasteiger partial charge in [0.1, 0.15) is 0 Å². The number of rotatable bonds is 9. The molecule has 0 radical (unpaired) electrons. The van der Waals surface area contributed by atoms with Gasteiger partial charge in [0.15, 0.2) is 0 Å². The van der Waals surface area contributed by atoms with E-state index in [9.17, 15) is 13.2 Å². The van der Waals surface area contributed by atoms with Crippen LogP contribution in [0.15, 0.2) is 78.9 Å². The molecule has 168 valence electrons. The Balaban J connectivity index is 1.62. The van der Waals surface area contributed by atoms with Crippen LogP contribution in [0.2, 0.25) is 0 Å². The maximum absolute atomic E-state index is 12.6. The quantitative estimate of drug-likeness (QED) is 0.513. The van der Waals surface area contributed by atoms with E-state index in [1.807, 2.05) is 50.2 Å². The third-order valence-corrected chi connectivity index (χ3v) is 6.46. The van der Waals surface area contributed by atoms with Crippen molar-refractivity contribution < 1.29 is 13.2 Å². The van der Waals surface area contributed by atoms with E-state index in [0.29, 0.717) is 11.3 Å². The number of amides is 1. The van der Waals surface area contributed by atoms with Crippen molar-refractivity contribution >= 4 is 21.6 Å². The summed E-state index contributed by atoms with van der Waals surface area (Å²) in [6.45, 7) is 4.14. The van der Waals surface area contributed by atoms with Gasteiger partial charge in [-0.25, -0.2) is 8.42 Å². The highest BCUT2D eigenvalue weighted by Crippen LogP contribution is 2.22. The molecule has 3 rings (SSSR count). The molecule has 0 fully saturated rings. The number of nitrogens with one attached hydrogen (secondary N) is 1. The number of benzene rings is 3. The second-order valence-corrected chi connectivity index (χ2v) is 10.1. The lowest BCUT2D eigenvalue weighted by atomic mass is 10.1. The van der Waals surface area contributed by atoms with Crippen LogP contribution in [-0.4, -0.2) is 26.6 Å². The van der Waals surface area contributed by atoms with E-state index in [2.05, 4.69) is 17.4 Å². The van der Waals surface area contributed by atoms with Crippen LogP contribution in [0.1, 0.15) is 40.4 Å². The Morgan fingerprint density at radius 3 is 2.25 bits per heavy atom. The van der Waals surface area contributed by atoms with Crippen molar-refractivity contribution in [3.63, 3.8) is 0 Å². The lowest BCUT2D eigenvalue weighted by Crippen LogP contribution is -2.33. The fraction of sp³-hybridized carbons (Fsp3) is 0.269. The summed E-state index contributed by atoms with van der Waals surface area (Å²) in [4.78, 5) is 12.6. The number of nitrogens with zero attached hydrogens (tertiary/aromatic N) is 1. The van der Waals surface area contributed by atoms with E-state index in [-0.39, 0.29) is 18.5 Å². The molecule has 0 saturated carbocycles. The molecule has 0 bridgehead atoms. The lowest BCUT2D eigenvalue weighted by Gasteiger charge is -2.23. The Kier molecular flexibility index (Phi) is 7.70. The van der Waals surface area contributed by atoms with Crippen molar-refractivity contribution in [3.8, 4) is 0 Å². The van der Waals surface area contributed by atoms with Crippen LogP contribution in [0.3, 0.4) is 0 Å². The average molecular weight is 451 g/mol. The molecule has 0 saturated heterocycles. The number of carbonyl (C=O) groups is 1. The zero-order valence-electron chi connectivity index (χ0n) is 18.8. The van der Waals surface area contributed by atoms with Crippen molar-refractivity contribution in [3.05, 3.63) is 101 Å². The lowest BCUT2D eigenvalue weighted by molar-refractivity contribution is 0.0938. The molecule has 0 aliphatic heterocycles. The van der Waals surface area contributed by atoms with Crippen molar-refractivity contribution in [2.24, 2.45) is 0 Å². The number of hydrogen-bond donors (Lipinski definition) is 1. The van der Waals surface area contributed by atoms with Gasteiger partial charge in [-0.3, -0.25) is 9.10 Å². The number of sulfonamides is 1. The van der Waals surface area contributed by atoms with Gasteiger partial charge in [-0.2, -0.15) is 0 Å². The van der Waals surface area contributed by atoms with E-state index in [1.54, 1.807) is 30.3 Å². The van der Waals surface area contributed by atoms with Crippen molar-refractivity contribution in [1.82, 2.24) is 5.32 Å². The summed E-state index contributed by atoms with van der Waals surface area (Å²) in [5, 5.41) is 3.04. The Labute approximate surface area is 191 Å². The first-order valence-corrected chi connectivity index (χ1v) is 12.6. The summed E-state index contributed by atoms with van der Waals surface area (Å²) in [5.74, 6) is -0.129. The maximum atomic E-state index is 12.6. The Bertz CT molecular complexity index is 1140. The van der Waals surface area contributed by atoms with Gasteiger partial charge in [-0.05, 0) is 67.6 Å². The minimum atomic E-state index is -3.45. The average Bonchev–Trinajstić information content (AvgIpc) is 2.76. The zero-order valence-corrected chi connectivity index (χ0v) is 19.6. The molecular weight excluding hydrogens is 420 g/mol. The molecule has 32 heavy (non-hydrogen) atoms. The number of aryl methyl sites for hydroxylation is 2. The van der Waals surface area contributed by atoms with E-state index in [4.69, 9.17) is 0 Å². The molecule has 6 heteroatoms. The summed E-state index contributed by atoms with van der Waals surface area (Å²) < 4.78 is 26.1. The predicted molar refractivity (Wildman–Crippen MR) is 130 cm³/mol. The summed E-state index contributed by atoms with van der Waals surface area (Å²) in [5.41, 5.74) is 4.24. The van der Waals surface area contributed by atoms with Crippen molar-refractivity contribution in [2.45, 2.75) is 39.3 Å². The first kappa shape index (κ1) is 23.5. The van der Waals surface area contributed by atoms with Gasteiger partial charge in [-0.15, -0.1) is 0 Å². The maximum Gasteiger partial charge on any atom is 0.251 e. The van der Waals surface area contributed by atoms with Crippen LogP contribution < -0.4 is 9.62 Å². The van der Waals surface area contributed by atoms with E-state index in [0.717, 1.165) is 24.0 Å². The van der Waals surface area contributed by atoms with Crippen LogP contribution >= 0.6 is 0 Å². The van der Waals surface area contributed by atoms with E-state index >= 15 is 0 Å². The van der Waals surface area contributed by atoms with Gasteiger partial charge < -0.3 is 5.32 Å². The summed E-state index contributed by atoms with van der Waals surface area (Å²) in [6, 6.07) is 24.7. The molecular formula is C26H30N2O3S. The molecule has 1 N–H and O–H groups in total. The molecule has 3 aromatic rings. The minimum absolute atomic E-state index is 0.0458. The van der Waals surface area contributed by atoms with Crippen molar-refractivity contribution in [2.75, 3.05) is 10.6 Å². The Morgan fingerprint density at radius 2 is 1.62 bits per heavy atom. The van der Waals surface area contributed by atoms with Crippen LogP contribution in [0.25, 0.3) is 0 Å². The summed E-state index contributed by atoms with van der Waals surface area (Å²) in [7, 11) is -3.45. The summed E-state index contributed by atoms with van der Waals surface area (Å²) in [6.07, 6.45) is 2.96. The summed E-state index contributed by atoms with van der Waals surface area (Å²) >= 11 is 0. The molecule has 0 aliphatic carbocycles. The van der Waals surface area contributed by atoms with Gasteiger partial charge in [0.2, 0.25) is 10.0 Å². The molecule has 0 spiro atoms. The molecule has 0 aromatic heterocycles. The fourth-order valence-corrected chi connectivity index (χ4v) is 4.40. The van der Waals surface area contributed by atoms with Crippen LogP contribution in [0.5, 0.6) is 0 Å². The minimum Gasteiger partial charge on any atom is -0.350 e. The standard InChI is InChI=1S/C26H30N2O3S/c1-20-8-7-11-25(18-20)28(32(3,30)31)19-23-14-16-24(17-15-23)26(29)27-21(2)12-13-22-9-5-4-6-10-22/h4-11,14-18,21H,12-13,19H2,1-3H3,(H,27,29)/t21-/m1/s1. The van der Waals surface area contributed by atoms with Gasteiger partial charge in [0, 0.05) is 11.6 Å². The normalized spacial score (nSPS) is 12.2. The SMILES string of the molecule is Cc1cccc(N(Cc2ccc(C(=O)N[C@H](C)CCc3ccccc3)cc2)S(C)(=O)=O)c1. The third kappa shape index (κ3) is 6.69. The van der Waals surface area contributed by atoms with Gasteiger partial charge in [-0.1, -0.05) is 54.6 Å². The highest BCUT2D eigenvalue weighted by molar-refractivity contribution is 7.92. The first-order chi connectivity index (χ1) is 15.2. The largest absolute Gasteiger partial charge is 0.350 e. The zero-order chi connectivity index (χ0) is 23.1. The Morgan fingerprint density at radius 1 is 0.938 bits per heavy atom. The van der Waals surface area contributed by atoms with E-state index < -0.39 is 10.0 Å². The second-order valence-electron chi connectivity index (χ2n) is 8.20. The topological polar surface area (TPSA) is 66.5 Å². The number of anilines is 1. The monoisotopic (exact) mass is 450 g/mol. The smallest absolute Gasteiger partial charge is 0.251 e. The molecule has 1 atom stereocenters. The van der Waals surface area contributed by atoms with Gasteiger partial charge in [0.25, 0.3) is 5.91 Å². The van der Waals surface area contributed by atoms with Crippen LogP contribution in [-0.2, 0) is 23.0 Å². The number of hydrogen-bond acceptors (Lipinski definition) is 3. The van der Waals surface area contributed by atoms with Gasteiger partial charge >= 0.3 is 0 Å². The molecule has 5 nitrogen and oxygen atoms in total.